The molecule has 0 aliphatic carbocycles. The number of hydrogen-bond acceptors (Lipinski definition) is 2. The molecular formula is C13H16BrF3N2O. The summed E-state index contributed by atoms with van der Waals surface area (Å²) in [4.78, 5) is 11.7. The van der Waals surface area contributed by atoms with Crippen LogP contribution in [-0.4, -0.2) is 18.0 Å². The Bertz CT molecular complexity index is 495. The van der Waals surface area contributed by atoms with Gasteiger partial charge in [0, 0.05) is 10.0 Å². The maximum atomic E-state index is 12.6. The molecule has 1 amide bonds. The molecule has 0 bridgehead atoms. The zero-order chi connectivity index (χ0) is 15.6. The first-order valence-corrected chi connectivity index (χ1v) is 6.70. The van der Waals surface area contributed by atoms with Crippen molar-refractivity contribution in [2.75, 3.05) is 11.9 Å². The molecule has 0 aromatic heterocycles. The van der Waals surface area contributed by atoms with E-state index in [1.165, 1.54) is 6.07 Å². The third-order valence-electron chi connectivity index (χ3n) is 2.35. The lowest BCUT2D eigenvalue weighted by Gasteiger charge is -2.20. The molecule has 0 atom stereocenters. The van der Waals surface area contributed by atoms with E-state index in [9.17, 15) is 18.0 Å². The molecule has 0 aliphatic heterocycles. The van der Waals surface area contributed by atoms with Crippen molar-refractivity contribution in [3.05, 3.63) is 28.2 Å². The molecule has 0 unspecified atom stereocenters. The number of anilines is 1. The van der Waals surface area contributed by atoms with Gasteiger partial charge in [-0.25, -0.2) is 0 Å². The molecule has 0 heterocycles. The van der Waals surface area contributed by atoms with Crippen LogP contribution < -0.4 is 10.6 Å². The second-order valence-corrected chi connectivity index (χ2v) is 6.20. The molecule has 112 valence electrons. The molecule has 20 heavy (non-hydrogen) atoms. The van der Waals surface area contributed by atoms with Gasteiger partial charge in [-0.2, -0.15) is 13.2 Å². The summed E-state index contributed by atoms with van der Waals surface area (Å²) in [7, 11) is 0. The highest BCUT2D eigenvalue weighted by molar-refractivity contribution is 9.10. The molecule has 3 nitrogen and oxygen atoms in total. The van der Waals surface area contributed by atoms with Crippen LogP contribution in [0.4, 0.5) is 18.9 Å². The molecule has 1 rings (SSSR count). The van der Waals surface area contributed by atoms with Crippen molar-refractivity contribution in [1.29, 1.82) is 0 Å². The first-order chi connectivity index (χ1) is 8.99. The fraction of sp³-hybridized carbons (Fsp3) is 0.462. The van der Waals surface area contributed by atoms with Gasteiger partial charge in [-0.15, -0.1) is 0 Å². The van der Waals surface area contributed by atoms with Crippen molar-refractivity contribution in [2.24, 2.45) is 0 Å². The molecule has 7 heteroatoms. The fourth-order valence-corrected chi connectivity index (χ4v) is 1.68. The number of amides is 1. The lowest BCUT2D eigenvalue weighted by atomic mass is 10.1. The highest BCUT2D eigenvalue weighted by Crippen LogP contribution is 2.33. The minimum atomic E-state index is -4.44. The van der Waals surface area contributed by atoms with Crippen molar-refractivity contribution in [2.45, 2.75) is 32.5 Å². The number of halogens is 4. The van der Waals surface area contributed by atoms with E-state index in [0.29, 0.717) is 4.47 Å². The van der Waals surface area contributed by atoms with E-state index < -0.39 is 17.6 Å². The Labute approximate surface area is 124 Å². The zero-order valence-electron chi connectivity index (χ0n) is 11.4. The summed E-state index contributed by atoms with van der Waals surface area (Å²) in [5, 5.41) is 5.40. The third-order valence-corrected chi connectivity index (χ3v) is 3.04. The van der Waals surface area contributed by atoms with Gasteiger partial charge in [0.25, 0.3) is 0 Å². The van der Waals surface area contributed by atoms with Gasteiger partial charge in [0.15, 0.2) is 0 Å². The molecule has 0 radical (unpaired) electrons. The summed E-state index contributed by atoms with van der Waals surface area (Å²) >= 11 is 3.11. The van der Waals surface area contributed by atoms with Crippen molar-refractivity contribution < 1.29 is 18.0 Å². The lowest BCUT2D eigenvalue weighted by Crippen LogP contribution is -2.41. The Morgan fingerprint density at radius 2 is 1.85 bits per heavy atom. The topological polar surface area (TPSA) is 41.1 Å². The van der Waals surface area contributed by atoms with Crippen molar-refractivity contribution >= 4 is 27.5 Å². The van der Waals surface area contributed by atoms with Crippen LogP contribution in [0.25, 0.3) is 0 Å². The van der Waals surface area contributed by atoms with E-state index in [0.717, 1.165) is 12.1 Å². The molecule has 0 spiro atoms. The van der Waals surface area contributed by atoms with Gasteiger partial charge in [-0.3, -0.25) is 4.79 Å². The van der Waals surface area contributed by atoms with Gasteiger partial charge in [0.1, 0.15) is 0 Å². The molecular weight excluding hydrogens is 337 g/mol. The highest BCUT2D eigenvalue weighted by atomic mass is 79.9. The number of rotatable bonds is 3. The summed E-state index contributed by atoms with van der Waals surface area (Å²) < 4.78 is 38.2. The van der Waals surface area contributed by atoms with Gasteiger partial charge in [-0.1, -0.05) is 0 Å². The van der Waals surface area contributed by atoms with E-state index >= 15 is 0 Å². The van der Waals surface area contributed by atoms with E-state index in [1.807, 2.05) is 20.8 Å². The molecule has 0 fully saturated rings. The molecule has 2 N–H and O–H groups in total. The number of alkyl halides is 3. The van der Waals surface area contributed by atoms with Crippen LogP contribution in [0.15, 0.2) is 22.7 Å². The smallest absolute Gasteiger partial charge is 0.324 e. The quantitative estimate of drug-likeness (QED) is 0.868. The second-order valence-electron chi connectivity index (χ2n) is 5.34. The normalized spacial score (nSPS) is 12.3. The van der Waals surface area contributed by atoms with Gasteiger partial charge in [-0.05, 0) is 54.9 Å². The first-order valence-electron chi connectivity index (χ1n) is 5.91. The van der Waals surface area contributed by atoms with Crippen LogP contribution in [0.1, 0.15) is 26.3 Å². The average molecular weight is 353 g/mol. The van der Waals surface area contributed by atoms with E-state index in [2.05, 4.69) is 26.6 Å². The Morgan fingerprint density at radius 3 is 2.35 bits per heavy atom. The summed E-state index contributed by atoms with van der Waals surface area (Å²) in [6.07, 6.45) is -4.44. The highest BCUT2D eigenvalue weighted by Gasteiger charge is 2.31. The molecule has 1 aromatic carbocycles. The molecule has 1 aromatic rings. The third kappa shape index (κ3) is 5.50. The predicted octanol–water partition coefficient (Wildman–Crippen LogP) is 3.79. The summed E-state index contributed by atoms with van der Waals surface area (Å²) in [6.45, 7) is 5.69. The number of carbonyl (C=O) groups excluding carboxylic acids is 1. The van der Waals surface area contributed by atoms with Crippen LogP contribution in [0.3, 0.4) is 0 Å². The number of nitrogens with one attached hydrogen (secondary N) is 2. The standard InChI is InChI=1S/C13H16BrF3N2O/c1-12(2,3)18-7-11(20)19-10-6-8(13(15,16)17)4-5-9(10)14/h4-6,18H,7H2,1-3H3,(H,19,20). The van der Waals surface area contributed by atoms with Crippen molar-refractivity contribution in [3.8, 4) is 0 Å². The zero-order valence-corrected chi connectivity index (χ0v) is 12.9. The Morgan fingerprint density at radius 1 is 1.25 bits per heavy atom. The second kappa shape index (κ2) is 6.13. The van der Waals surface area contributed by atoms with Gasteiger partial charge < -0.3 is 10.6 Å². The average Bonchev–Trinajstić information content (AvgIpc) is 2.27. The van der Waals surface area contributed by atoms with E-state index in [1.54, 1.807) is 0 Å². The van der Waals surface area contributed by atoms with E-state index in [-0.39, 0.29) is 17.8 Å². The van der Waals surface area contributed by atoms with Gasteiger partial charge in [0.05, 0.1) is 17.8 Å². The summed E-state index contributed by atoms with van der Waals surface area (Å²) in [6, 6.07) is 3.11. The van der Waals surface area contributed by atoms with Crippen LogP contribution in [-0.2, 0) is 11.0 Å². The van der Waals surface area contributed by atoms with Crippen molar-refractivity contribution in [3.63, 3.8) is 0 Å². The number of benzene rings is 1. The molecule has 0 saturated heterocycles. The number of carbonyl (C=O) groups is 1. The Kier molecular flexibility index (Phi) is 5.21. The first kappa shape index (κ1) is 17.0. The van der Waals surface area contributed by atoms with Crippen LogP contribution in [0.5, 0.6) is 0 Å². The van der Waals surface area contributed by atoms with Crippen LogP contribution in [0.2, 0.25) is 0 Å². The SMILES string of the molecule is CC(C)(C)NCC(=O)Nc1cc(C(F)(F)F)ccc1Br. The molecule has 0 saturated carbocycles. The maximum absolute atomic E-state index is 12.6. The summed E-state index contributed by atoms with van der Waals surface area (Å²) in [5.41, 5.74) is -0.956. The summed E-state index contributed by atoms with van der Waals surface area (Å²) in [5.74, 6) is -0.403. The fourth-order valence-electron chi connectivity index (χ4n) is 1.34. The largest absolute Gasteiger partial charge is 0.416 e. The van der Waals surface area contributed by atoms with E-state index in [4.69, 9.17) is 0 Å². The predicted molar refractivity (Wildman–Crippen MR) is 75.5 cm³/mol. The van der Waals surface area contributed by atoms with Crippen LogP contribution in [0, 0.1) is 0 Å². The monoisotopic (exact) mass is 352 g/mol. The lowest BCUT2D eigenvalue weighted by molar-refractivity contribution is -0.137. The van der Waals surface area contributed by atoms with Gasteiger partial charge in [0.2, 0.25) is 5.91 Å². The van der Waals surface area contributed by atoms with Gasteiger partial charge >= 0.3 is 6.18 Å². The number of hydrogen-bond donors (Lipinski definition) is 2. The minimum Gasteiger partial charge on any atom is -0.324 e. The Hall–Kier alpha value is -1.08. The minimum absolute atomic E-state index is 0.0200. The Balaban J connectivity index is 2.79. The maximum Gasteiger partial charge on any atom is 0.416 e. The van der Waals surface area contributed by atoms with Crippen molar-refractivity contribution in [1.82, 2.24) is 5.32 Å². The van der Waals surface area contributed by atoms with Crippen LogP contribution >= 0.6 is 15.9 Å². The molecule has 0 aliphatic rings.